The molecule has 0 aliphatic carbocycles. The summed E-state index contributed by atoms with van der Waals surface area (Å²) >= 11 is 0. The van der Waals surface area contributed by atoms with Gasteiger partial charge in [-0.05, 0) is 89.9 Å². The molecule has 9 rings (SSSR count). The fourth-order valence-electron chi connectivity index (χ4n) is 6.11. The second kappa shape index (κ2) is 9.44. The van der Waals surface area contributed by atoms with Crippen molar-refractivity contribution in [2.45, 2.75) is 0 Å². The van der Waals surface area contributed by atoms with Crippen LogP contribution in [0.15, 0.2) is 162 Å². The molecule has 0 bridgehead atoms. The van der Waals surface area contributed by atoms with Crippen molar-refractivity contribution in [3.05, 3.63) is 157 Å². The van der Waals surface area contributed by atoms with E-state index < -0.39 is 42.3 Å². The lowest BCUT2D eigenvalue weighted by molar-refractivity contribution is 0.669. The summed E-state index contributed by atoms with van der Waals surface area (Å²) in [6.45, 7) is 0. The molecule has 0 radical (unpaired) electrons. The van der Waals surface area contributed by atoms with E-state index in [0.29, 0.717) is 32.7 Å². The van der Waals surface area contributed by atoms with Gasteiger partial charge < -0.3 is 4.42 Å². The third-order valence-electron chi connectivity index (χ3n) is 8.08. The van der Waals surface area contributed by atoms with Crippen molar-refractivity contribution in [3.8, 4) is 33.4 Å². The molecule has 1 heteroatoms. The van der Waals surface area contributed by atoms with E-state index in [0.717, 1.165) is 33.1 Å². The van der Waals surface area contributed by atoms with Crippen LogP contribution < -0.4 is 0 Å². The van der Waals surface area contributed by atoms with Gasteiger partial charge in [-0.25, -0.2) is 0 Å². The van der Waals surface area contributed by atoms with Gasteiger partial charge in [0, 0.05) is 10.8 Å². The quantitative estimate of drug-likeness (QED) is 0.197. The van der Waals surface area contributed by atoms with Crippen molar-refractivity contribution in [1.29, 1.82) is 0 Å². The zero-order chi connectivity index (χ0) is 37.9. The third kappa shape index (κ3) is 3.79. The molecule has 0 aliphatic heterocycles. The second-order valence-electron chi connectivity index (χ2n) is 10.4. The molecule has 0 atom stereocenters. The molecular weight excluding hydrogens is 520 g/mol. The number of benzene rings is 8. The Hall–Kier alpha value is -5.66. The van der Waals surface area contributed by atoms with E-state index >= 15 is 0 Å². The lowest BCUT2D eigenvalue weighted by atomic mass is 9.85. The Balaban J connectivity index is 1.34. The highest BCUT2D eigenvalue weighted by Gasteiger charge is 2.17. The summed E-state index contributed by atoms with van der Waals surface area (Å²) in [4.78, 5) is 0. The molecule has 200 valence electrons. The number of rotatable bonds is 3. The highest BCUT2D eigenvalue weighted by atomic mass is 16.3. The largest absolute Gasteiger partial charge is 0.456 e. The molecular formula is C42H26O. The summed E-state index contributed by atoms with van der Waals surface area (Å²) in [5.41, 5.74) is 4.84. The van der Waals surface area contributed by atoms with Gasteiger partial charge >= 0.3 is 0 Å². The zero-order valence-corrected chi connectivity index (χ0v) is 22.6. The van der Waals surface area contributed by atoms with E-state index in [1.807, 2.05) is 66.7 Å². The summed E-state index contributed by atoms with van der Waals surface area (Å²) in [6, 6.07) is 23.7. The van der Waals surface area contributed by atoms with Crippen molar-refractivity contribution in [1.82, 2.24) is 0 Å². The monoisotopic (exact) mass is 557 g/mol. The van der Waals surface area contributed by atoms with Gasteiger partial charge in [-0.2, -0.15) is 0 Å². The van der Waals surface area contributed by atoms with E-state index in [2.05, 4.69) is 0 Å². The Bertz CT molecular complexity index is 3040. The number of para-hydroxylation sites is 1. The fourth-order valence-corrected chi connectivity index (χ4v) is 6.11. The van der Waals surface area contributed by atoms with E-state index in [1.54, 1.807) is 0 Å². The minimum Gasteiger partial charge on any atom is -0.456 e. The molecule has 0 spiro atoms. The minimum absolute atomic E-state index is 0.0842. The molecule has 0 amide bonds. The van der Waals surface area contributed by atoms with Gasteiger partial charge in [-0.1, -0.05) is 133 Å². The Morgan fingerprint density at radius 3 is 1.70 bits per heavy atom. The Labute approximate surface area is 264 Å². The van der Waals surface area contributed by atoms with Crippen LogP contribution in [-0.4, -0.2) is 0 Å². The third-order valence-corrected chi connectivity index (χ3v) is 8.08. The van der Waals surface area contributed by atoms with Crippen molar-refractivity contribution in [2.24, 2.45) is 0 Å². The number of fused-ring (bicyclic) bond motifs is 6. The summed E-state index contributed by atoms with van der Waals surface area (Å²) in [5.74, 6) is 0. The van der Waals surface area contributed by atoms with E-state index in [1.165, 1.54) is 24.3 Å². The first-order valence-electron chi connectivity index (χ1n) is 19.4. The highest BCUT2D eigenvalue weighted by Crippen LogP contribution is 2.44. The lowest BCUT2D eigenvalue weighted by Crippen LogP contribution is -1.91. The van der Waals surface area contributed by atoms with Gasteiger partial charge in [-0.3, -0.25) is 0 Å². The molecule has 1 aromatic heterocycles. The maximum Gasteiger partial charge on any atom is 0.136 e. The van der Waals surface area contributed by atoms with E-state index in [4.69, 9.17) is 18.1 Å². The molecule has 0 aliphatic rings. The van der Waals surface area contributed by atoms with Crippen molar-refractivity contribution >= 4 is 54.3 Å². The molecule has 8 aromatic carbocycles. The molecule has 0 fully saturated rings. The van der Waals surface area contributed by atoms with Gasteiger partial charge in [0.15, 0.2) is 0 Å². The van der Waals surface area contributed by atoms with E-state index in [-0.39, 0.29) is 46.1 Å². The van der Waals surface area contributed by atoms with Gasteiger partial charge in [0.25, 0.3) is 0 Å². The molecule has 0 saturated carbocycles. The number of hydrogen-bond donors (Lipinski definition) is 0. The molecule has 0 N–H and O–H groups in total. The summed E-state index contributed by atoms with van der Waals surface area (Å²) in [6.07, 6.45) is 0. The second-order valence-corrected chi connectivity index (χ2v) is 10.4. The molecule has 1 heterocycles. The predicted molar refractivity (Wildman–Crippen MR) is 183 cm³/mol. The van der Waals surface area contributed by atoms with Crippen LogP contribution in [0.5, 0.6) is 0 Å². The highest BCUT2D eigenvalue weighted by molar-refractivity contribution is 6.21. The number of furan rings is 1. The van der Waals surface area contributed by atoms with Gasteiger partial charge in [0.2, 0.25) is 0 Å². The maximum absolute atomic E-state index is 9.34. The molecule has 1 nitrogen and oxygen atoms in total. The summed E-state index contributed by atoms with van der Waals surface area (Å²) in [7, 11) is 0. The van der Waals surface area contributed by atoms with Gasteiger partial charge in [0.1, 0.15) is 11.2 Å². The minimum atomic E-state index is -0.574. The van der Waals surface area contributed by atoms with Crippen LogP contribution in [0, 0.1) is 0 Å². The summed E-state index contributed by atoms with van der Waals surface area (Å²) in [5, 5.41) is 3.26. The van der Waals surface area contributed by atoms with E-state index in [9.17, 15) is 1.37 Å². The van der Waals surface area contributed by atoms with Crippen molar-refractivity contribution < 1.29 is 19.5 Å². The van der Waals surface area contributed by atoms with Crippen LogP contribution in [0.2, 0.25) is 0 Å². The van der Waals surface area contributed by atoms with Crippen LogP contribution in [-0.2, 0) is 0 Å². The smallest absolute Gasteiger partial charge is 0.136 e. The normalized spacial score (nSPS) is 15.3. The first-order chi connectivity index (χ1) is 25.8. The Morgan fingerprint density at radius 2 is 0.977 bits per heavy atom. The topological polar surface area (TPSA) is 13.1 Å². The maximum atomic E-state index is 9.34. The molecule has 43 heavy (non-hydrogen) atoms. The predicted octanol–water partition coefficient (Wildman–Crippen LogP) is 12.0. The SMILES string of the molecule is [2H]c1cc2c(-c3ccc(-c4ccc5c(c4)oc4ccccc45)cc3)c3cc([2H])c([2H])cc3c(-c3c([2H])c([2H])c4c([2H])c([2H])c([2H])c([2H])c4c3[2H])c2cc1[2H]. The lowest BCUT2D eigenvalue weighted by Gasteiger charge is -2.18. The standard InChI is InChI=1S/C42H26O/c1-2-10-30-25-32(22-19-27(30)9-1)42-37-14-5-3-12-35(37)41(36-13-4-6-15-38(36)42)29-20-17-28(18-21-29)31-23-24-34-33-11-7-8-16-39(33)43-40(34)26-31/h1-26H/i1D,2D,3D,4D,5D,6D,9D,10D,19D,22D,25D. The average Bonchev–Trinajstić information content (AvgIpc) is 3.54. The number of hydrogen-bond acceptors (Lipinski definition) is 1. The van der Waals surface area contributed by atoms with Crippen LogP contribution in [0.25, 0.3) is 87.6 Å². The van der Waals surface area contributed by atoms with Gasteiger partial charge in [0.05, 0.1) is 15.1 Å². The van der Waals surface area contributed by atoms with Crippen LogP contribution >= 0.6 is 0 Å². The Morgan fingerprint density at radius 1 is 0.395 bits per heavy atom. The van der Waals surface area contributed by atoms with Crippen molar-refractivity contribution in [3.63, 3.8) is 0 Å². The zero-order valence-electron chi connectivity index (χ0n) is 33.6. The Kier molecular flexibility index (Phi) is 3.41. The van der Waals surface area contributed by atoms with Crippen LogP contribution in [0.1, 0.15) is 15.1 Å². The first kappa shape index (κ1) is 15.5. The molecule has 9 aromatic rings. The fraction of sp³-hybridized carbons (Fsp3) is 0. The molecule has 0 saturated heterocycles. The van der Waals surface area contributed by atoms with Crippen molar-refractivity contribution in [2.75, 3.05) is 0 Å². The molecule has 0 unspecified atom stereocenters. The van der Waals surface area contributed by atoms with Crippen LogP contribution in [0.3, 0.4) is 0 Å². The summed E-state index contributed by atoms with van der Waals surface area (Å²) < 4.78 is 102. The first-order valence-corrected chi connectivity index (χ1v) is 13.9. The van der Waals surface area contributed by atoms with Gasteiger partial charge in [-0.15, -0.1) is 0 Å². The van der Waals surface area contributed by atoms with Crippen LogP contribution in [0.4, 0.5) is 0 Å². The average molecular weight is 558 g/mol.